The molecular formula is C16H17NO2. The van der Waals surface area contributed by atoms with Gasteiger partial charge in [-0.1, -0.05) is 36.4 Å². The molecule has 0 aliphatic carbocycles. The molecule has 2 aromatic rings. The van der Waals surface area contributed by atoms with Crippen LogP contribution in [0.4, 0.5) is 5.69 Å². The Labute approximate surface area is 113 Å². The first-order chi connectivity index (χ1) is 9.38. The summed E-state index contributed by atoms with van der Waals surface area (Å²) in [5.41, 5.74) is 3.52. The van der Waals surface area contributed by atoms with E-state index in [2.05, 4.69) is 23.5 Å². The van der Waals surface area contributed by atoms with Crippen LogP contribution in [0.25, 0.3) is 0 Å². The molecule has 19 heavy (non-hydrogen) atoms. The Morgan fingerprint density at radius 2 is 1.95 bits per heavy atom. The Morgan fingerprint density at radius 3 is 2.74 bits per heavy atom. The van der Waals surface area contributed by atoms with Crippen LogP contribution >= 0.6 is 0 Å². The number of hydrogen-bond acceptors (Lipinski definition) is 3. The first-order valence-corrected chi connectivity index (χ1v) is 6.49. The van der Waals surface area contributed by atoms with Crippen molar-refractivity contribution in [2.24, 2.45) is 0 Å². The normalized spacial score (nSPS) is 12.7. The molecule has 1 N–H and O–H groups in total. The van der Waals surface area contributed by atoms with Crippen LogP contribution in [0.5, 0.6) is 11.5 Å². The summed E-state index contributed by atoms with van der Waals surface area (Å²) in [4.78, 5) is 0. The van der Waals surface area contributed by atoms with Gasteiger partial charge in [0.05, 0.1) is 12.8 Å². The molecular weight excluding hydrogens is 238 g/mol. The molecule has 98 valence electrons. The van der Waals surface area contributed by atoms with Crippen molar-refractivity contribution in [3.05, 3.63) is 53.6 Å². The van der Waals surface area contributed by atoms with Crippen molar-refractivity contribution in [2.75, 3.05) is 19.0 Å². The Morgan fingerprint density at radius 1 is 1.11 bits per heavy atom. The lowest BCUT2D eigenvalue weighted by Gasteiger charge is -2.14. The van der Waals surface area contributed by atoms with Gasteiger partial charge in [0.1, 0.15) is 6.61 Å². The minimum absolute atomic E-state index is 0.552. The average Bonchev–Trinajstić information content (AvgIpc) is 2.94. The summed E-state index contributed by atoms with van der Waals surface area (Å²) in [6, 6.07) is 14.2. The van der Waals surface area contributed by atoms with Gasteiger partial charge in [0, 0.05) is 6.54 Å². The lowest BCUT2D eigenvalue weighted by molar-refractivity contribution is 0.285. The summed E-state index contributed by atoms with van der Waals surface area (Å²) in [6.07, 6.45) is 1.05. The van der Waals surface area contributed by atoms with Crippen LogP contribution in [0.2, 0.25) is 0 Å². The molecule has 2 aromatic carbocycles. The number of ether oxygens (including phenoxy) is 2. The largest absolute Gasteiger partial charge is 0.491 e. The first kappa shape index (κ1) is 11.9. The first-order valence-electron chi connectivity index (χ1n) is 6.49. The van der Waals surface area contributed by atoms with Gasteiger partial charge in [-0.2, -0.15) is 0 Å². The fourth-order valence-corrected chi connectivity index (χ4v) is 2.38. The van der Waals surface area contributed by atoms with Crippen molar-refractivity contribution in [1.82, 2.24) is 0 Å². The Balaban J connectivity index is 1.81. The fraction of sp³-hybridized carbons (Fsp3) is 0.250. The van der Waals surface area contributed by atoms with Gasteiger partial charge in [-0.15, -0.1) is 0 Å². The summed E-state index contributed by atoms with van der Waals surface area (Å²) in [5, 5.41) is 3.35. The van der Waals surface area contributed by atoms with E-state index >= 15 is 0 Å². The van der Waals surface area contributed by atoms with Crippen molar-refractivity contribution < 1.29 is 9.47 Å². The molecule has 3 nitrogen and oxygen atoms in total. The molecule has 3 rings (SSSR count). The number of benzene rings is 2. The molecule has 0 saturated carbocycles. The second kappa shape index (κ2) is 5.22. The fourth-order valence-electron chi connectivity index (χ4n) is 2.38. The predicted molar refractivity (Wildman–Crippen MR) is 76.0 cm³/mol. The van der Waals surface area contributed by atoms with Gasteiger partial charge in [0.2, 0.25) is 0 Å². The van der Waals surface area contributed by atoms with E-state index in [1.807, 2.05) is 24.3 Å². The molecule has 0 bridgehead atoms. The Bertz CT molecular complexity index is 566. The lowest BCUT2D eigenvalue weighted by Crippen LogP contribution is -2.00. The van der Waals surface area contributed by atoms with E-state index in [0.29, 0.717) is 6.61 Å². The highest BCUT2D eigenvalue weighted by Crippen LogP contribution is 2.40. The highest BCUT2D eigenvalue weighted by Gasteiger charge is 2.19. The zero-order valence-corrected chi connectivity index (χ0v) is 11.0. The maximum absolute atomic E-state index is 5.87. The van der Waals surface area contributed by atoms with Gasteiger partial charge in [-0.3, -0.25) is 0 Å². The number of fused-ring (bicyclic) bond motifs is 1. The number of rotatable bonds is 4. The number of hydrogen-bond donors (Lipinski definition) is 1. The van der Waals surface area contributed by atoms with E-state index in [-0.39, 0.29) is 0 Å². The smallest absolute Gasteiger partial charge is 0.184 e. The molecule has 1 heterocycles. The van der Waals surface area contributed by atoms with Gasteiger partial charge in [-0.05, 0) is 23.6 Å². The SMILES string of the molecule is COc1c(OCc2ccccc2)ccc2c1NCC2. The molecule has 0 amide bonds. The van der Waals surface area contributed by atoms with Crippen molar-refractivity contribution in [3.63, 3.8) is 0 Å². The van der Waals surface area contributed by atoms with Crippen molar-refractivity contribution in [1.29, 1.82) is 0 Å². The van der Waals surface area contributed by atoms with Crippen molar-refractivity contribution in [2.45, 2.75) is 13.0 Å². The highest BCUT2D eigenvalue weighted by atomic mass is 16.5. The van der Waals surface area contributed by atoms with Gasteiger partial charge in [0.25, 0.3) is 0 Å². The van der Waals surface area contributed by atoms with Crippen LogP contribution in [0.1, 0.15) is 11.1 Å². The zero-order chi connectivity index (χ0) is 13.1. The van der Waals surface area contributed by atoms with E-state index in [9.17, 15) is 0 Å². The van der Waals surface area contributed by atoms with Crippen LogP contribution in [0, 0.1) is 0 Å². The molecule has 0 radical (unpaired) electrons. The van der Waals surface area contributed by atoms with Crippen LogP contribution in [0.3, 0.4) is 0 Å². The van der Waals surface area contributed by atoms with E-state index in [1.165, 1.54) is 5.56 Å². The van der Waals surface area contributed by atoms with E-state index in [4.69, 9.17) is 9.47 Å². The van der Waals surface area contributed by atoms with E-state index in [1.54, 1.807) is 7.11 Å². The lowest BCUT2D eigenvalue weighted by atomic mass is 10.1. The molecule has 0 fully saturated rings. The van der Waals surface area contributed by atoms with Crippen LogP contribution in [-0.2, 0) is 13.0 Å². The topological polar surface area (TPSA) is 30.5 Å². The number of nitrogens with one attached hydrogen (secondary N) is 1. The molecule has 0 saturated heterocycles. The quantitative estimate of drug-likeness (QED) is 0.909. The second-order valence-electron chi connectivity index (χ2n) is 4.58. The molecule has 3 heteroatoms. The van der Waals surface area contributed by atoms with Crippen LogP contribution in [0.15, 0.2) is 42.5 Å². The summed E-state index contributed by atoms with van der Waals surface area (Å²) < 4.78 is 11.4. The number of anilines is 1. The third-order valence-electron chi connectivity index (χ3n) is 3.35. The van der Waals surface area contributed by atoms with Gasteiger partial charge in [-0.25, -0.2) is 0 Å². The zero-order valence-electron chi connectivity index (χ0n) is 11.0. The maximum Gasteiger partial charge on any atom is 0.184 e. The van der Waals surface area contributed by atoms with Crippen molar-refractivity contribution >= 4 is 5.69 Å². The molecule has 1 aliphatic rings. The molecule has 0 spiro atoms. The monoisotopic (exact) mass is 255 g/mol. The third kappa shape index (κ3) is 2.36. The highest BCUT2D eigenvalue weighted by molar-refractivity contribution is 5.70. The minimum atomic E-state index is 0.552. The van der Waals surface area contributed by atoms with Gasteiger partial charge in [0.15, 0.2) is 11.5 Å². The second-order valence-corrected chi connectivity index (χ2v) is 4.58. The summed E-state index contributed by atoms with van der Waals surface area (Å²) >= 11 is 0. The summed E-state index contributed by atoms with van der Waals surface area (Å²) in [7, 11) is 1.69. The molecule has 1 aliphatic heterocycles. The van der Waals surface area contributed by atoms with Crippen LogP contribution in [-0.4, -0.2) is 13.7 Å². The van der Waals surface area contributed by atoms with E-state index in [0.717, 1.165) is 35.7 Å². The standard InChI is InChI=1S/C16H17NO2/c1-18-16-14(8-7-13-9-10-17-15(13)16)19-11-12-5-3-2-4-6-12/h2-8,17H,9-11H2,1H3. The van der Waals surface area contributed by atoms with Gasteiger partial charge >= 0.3 is 0 Å². The third-order valence-corrected chi connectivity index (χ3v) is 3.35. The molecule has 0 atom stereocenters. The minimum Gasteiger partial charge on any atom is -0.491 e. The van der Waals surface area contributed by atoms with Gasteiger partial charge < -0.3 is 14.8 Å². The predicted octanol–water partition coefficient (Wildman–Crippen LogP) is 3.24. The van der Waals surface area contributed by atoms with E-state index < -0.39 is 0 Å². The van der Waals surface area contributed by atoms with Crippen molar-refractivity contribution in [3.8, 4) is 11.5 Å². The Hall–Kier alpha value is -2.16. The molecule has 0 unspecified atom stereocenters. The molecule has 0 aromatic heterocycles. The summed E-state index contributed by atoms with van der Waals surface area (Å²) in [6.45, 7) is 1.52. The average molecular weight is 255 g/mol. The summed E-state index contributed by atoms with van der Waals surface area (Å²) in [5.74, 6) is 1.60. The van der Waals surface area contributed by atoms with Crippen LogP contribution < -0.4 is 14.8 Å². The Kier molecular flexibility index (Phi) is 3.27. The maximum atomic E-state index is 5.87. The number of methoxy groups -OCH3 is 1.